The van der Waals surface area contributed by atoms with Crippen molar-refractivity contribution in [3.8, 4) is 0 Å². The highest BCUT2D eigenvalue weighted by Crippen LogP contribution is 2.33. The van der Waals surface area contributed by atoms with Crippen molar-refractivity contribution in [2.75, 3.05) is 6.54 Å². The molecule has 0 bridgehead atoms. The lowest BCUT2D eigenvalue weighted by Gasteiger charge is -2.33. The normalized spacial score (nSPS) is 18.2. The Morgan fingerprint density at radius 3 is 3.05 bits per heavy atom. The number of thiophene rings is 1. The number of aromatic nitrogens is 1. The molecule has 0 fully saturated rings. The van der Waals surface area contributed by atoms with Crippen LogP contribution < -0.4 is 0 Å². The Labute approximate surface area is 124 Å². The Balaban J connectivity index is 1.87. The van der Waals surface area contributed by atoms with Crippen LogP contribution in [0.3, 0.4) is 0 Å². The van der Waals surface area contributed by atoms with Gasteiger partial charge in [-0.05, 0) is 58.4 Å². The zero-order valence-corrected chi connectivity index (χ0v) is 12.9. The molecule has 1 amide bonds. The summed E-state index contributed by atoms with van der Waals surface area (Å²) in [7, 11) is 0. The van der Waals surface area contributed by atoms with Crippen LogP contribution in [0.5, 0.6) is 0 Å². The first-order chi connectivity index (χ1) is 9.16. The largest absolute Gasteiger partial charge is 0.331 e. The number of rotatable bonds is 1. The van der Waals surface area contributed by atoms with Crippen molar-refractivity contribution < 1.29 is 4.79 Å². The molecule has 5 heteroatoms. The van der Waals surface area contributed by atoms with E-state index in [0.29, 0.717) is 5.56 Å². The van der Waals surface area contributed by atoms with Crippen LogP contribution in [-0.4, -0.2) is 22.3 Å². The van der Waals surface area contributed by atoms with E-state index in [4.69, 9.17) is 0 Å². The average Bonchev–Trinajstić information content (AvgIpc) is 2.88. The van der Waals surface area contributed by atoms with Crippen molar-refractivity contribution in [2.45, 2.75) is 19.4 Å². The standard InChI is InChI=1S/C14H13BrN2OS/c1-9-11-5-7-19-12(11)4-6-17(9)14(18)10-2-3-13(15)16-8-10/h2-3,5,7-9H,4,6H2,1H3. The molecule has 0 saturated heterocycles. The molecule has 1 aliphatic rings. The number of nitrogens with zero attached hydrogens (tertiary/aromatic N) is 2. The number of halogens is 1. The molecule has 0 aromatic carbocycles. The maximum Gasteiger partial charge on any atom is 0.255 e. The van der Waals surface area contributed by atoms with E-state index < -0.39 is 0 Å². The van der Waals surface area contributed by atoms with Crippen LogP contribution in [0.25, 0.3) is 0 Å². The Bertz CT molecular complexity index is 608. The Morgan fingerprint density at radius 1 is 1.47 bits per heavy atom. The van der Waals surface area contributed by atoms with Gasteiger partial charge in [0.05, 0.1) is 11.6 Å². The van der Waals surface area contributed by atoms with Gasteiger partial charge in [-0.15, -0.1) is 11.3 Å². The number of carbonyl (C=O) groups excluding carboxylic acids is 1. The van der Waals surface area contributed by atoms with E-state index in [1.54, 1.807) is 23.6 Å². The number of pyridine rings is 1. The third kappa shape index (κ3) is 2.32. The first-order valence-corrected chi connectivity index (χ1v) is 7.83. The molecule has 1 aliphatic heterocycles. The van der Waals surface area contributed by atoms with Gasteiger partial charge in [-0.2, -0.15) is 0 Å². The second-order valence-corrected chi connectivity index (χ2v) is 6.41. The second kappa shape index (κ2) is 5.06. The molecule has 3 rings (SSSR count). The molecule has 2 aromatic heterocycles. The van der Waals surface area contributed by atoms with Gasteiger partial charge in [-0.1, -0.05) is 0 Å². The SMILES string of the molecule is CC1c2ccsc2CCN1C(=O)c1ccc(Br)nc1. The molecule has 19 heavy (non-hydrogen) atoms. The van der Waals surface area contributed by atoms with E-state index in [9.17, 15) is 4.79 Å². The molecule has 3 heterocycles. The maximum atomic E-state index is 12.5. The zero-order chi connectivity index (χ0) is 13.4. The van der Waals surface area contributed by atoms with Crippen LogP contribution >= 0.6 is 27.3 Å². The van der Waals surface area contributed by atoms with E-state index in [0.717, 1.165) is 17.6 Å². The maximum absolute atomic E-state index is 12.5. The molecule has 3 nitrogen and oxygen atoms in total. The monoisotopic (exact) mass is 336 g/mol. The van der Waals surface area contributed by atoms with Gasteiger partial charge in [0.15, 0.2) is 0 Å². The van der Waals surface area contributed by atoms with Gasteiger partial charge < -0.3 is 4.90 Å². The van der Waals surface area contributed by atoms with E-state index >= 15 is 0 Å². The molecule has 0 aliphatic carbocycles. The van der Waals surface area contributed by atoms with Crippen LogP contribution in [0.15, 0.2) is 34.4 Å². The number of fused-ring (bicyclic) bond motifs is 1. The number of amides is 1. The molecule has 1 atom stereocenters. The van der Waals surface area contributed by atoms with Crippen molar-refractivity contribution in [1.29, 1.82) is 0 Å². The Hall–Kier alpha value is -1.20. The molecule has 0 spiro atoms. The van der Waals surface area contributed by atoms with Crippen molar-refractivity contribution in [1.82, 2.24) is 9.88 Å². The van der Waals surface area contributed by atoms with E-state index in [1.807, 2.05) is 11.0 Å². The van der Waals surface area contributed by atoms with Crippen LogP contribution in [0.2, 0.25) is 0 Å². The molecular weight excluding hydrogens is 324 g/mol. The molecule has 0 saturated carbocycles. The summed E-state index contributed by atoms with van der Waals surface area (Å²) in [6.45, 7) is 2.87. The highest BCUT2D eigenvalue weighted by atomic mass is 79.9. The summed E-state index contributed by atoms with van der Waals surface area (Å²) in [5.41, 5.74) is 1.93. The average molecular weight is 337 g/mol. The van der Waals surface area contributed by atoms with E-state index in [1.165, 1.54) is 10.4 Å². The Kier molecular flexibility index (Phi) is 3.41. The third-order valence-electron chi connectivity index (χ3n) is 3.51. The molecule has 0 N–H and O–H groups in total. The fraction of sp³-hybridized carbons (Fsp3) is 0.286. The predicted molar refractivity (Wildman–Crippen MR) is 79.4 cm³/mol. The molecule has 2 aromatic rings. The summed E-state index contributed by atoms with van der Waals surface area (Å²) in [6, 6.07) is 5.89. The van der Waals surface area contributed by atoms with Crippen LogP contribution in [0, 0.1) is 0 Å². The van der Waals surface area contributed by atoms with Gasteiger partial charge >= 0.3 is 0 Å². The lowest BCUT2D eigenvalue weighted by Crippen LogP contribution is -2.38. The predicted octanol–water partition coefficient (Wildman–Crippen LogP) is 3.67. The summed E-state index contributed by atoms with van der Waals surface area (Å²) in [5, 5.41) is 2.11. The highest BCUT2D eigenvalue weighted by molar-refractivity contribution is 9.10. The molecule has 1 unspecified atom stereocenters. The fourth-order valence-electron chi connectivity index (χ4n) is 2.46. The zero-order valence-electron chi connectivity index (χ0n) is 10.5. The van der Waals surface area contributed by atoms with Gasteiger partial charge in [-0.25, -0.2) is 4.98 Å². The Morgan fingerprint density at radius 2 is 2.32 bits per heavy atom. The minimum Gasteiger partial charge on any atom is -0.331 e. The summed E-state index contributed by atoms with van der Waals surface area (Å²) < 4.78 is 0.746. The van der Waals surface area contributed by atoms with Gasteiger partial charge in [0.25, 0.3) is 5.91 Å². The van der Waals surface area contributed by atoms with Crippen LogP contribution in [-0.2, 0) is 6.42 Å². The van der Waals surface area contributed by atoms with E-state index in [2.05, 4.69) is 39.3 Å². The second-order valence-electron chi connectivity index (χ2n) is 4.59. The van der Waals surface area contributed by atoms with Gasteiger partial charge in [-0.3, -0.25) is 4.79 Å². The van der Waals surface area contributed by atoms with Gasteiger partial charge in [0.2, 0.25) is 0 Å². The van der Waals surface area contributed by atoms with Crippen LogP contribution in [0.1, 0.15) is 33.8 Å². The quantitative estimate of drug-likeness (QED) is 0.744. The summed E-state index contributed by atoms with van der Waals surface area (Å²) >= 11 is 5.07. The van der Waals surface area contributed by atoms with E-state index in [-0.39, 0.29) is 11.9 Å². The molecular formula is C14H13BrN2OS. The van der Waals surface area contributed by atoms with Crippen molar-refractivity contribution in [3.05, 3.63) is 50.4 Å². The number of hydrogen-bond donors (Lipinski definition) is 0. The minimum absolute atomic E-state index is 0.0596. The summed E-state index contributed by atoms with van der Waals surface area (Å²) in [5.74, 6) is 0.0596. The first kappa shape index (κ1) is 12.8. The lowest BCUT2D eigenvalue weighted by atomic mass is 10.0. The van der Waals surface area contributed by atoms with Crippen molar-refractivity contribution in [3.63, 3.8) is 0 Å². The smallest absolute Gasteiger partial charge is 0.255 e. The highest BCUT2D eigenvalue weighted by Gasteiger charge is 2.28. The fourth-order valence-corrected chi connectivity index (χ4v) is 3.65. The number of carbonyl (C=O) groups is 1. The first-order valence-electron chi connectivity index (χ1n) is 6.15. The minimum atomic E-state index is 0.0596. The van der Waals surface area contributed by atoms with Gasteiger partial charge in [0.1, 0.15) is 4.60 Å². The van der Waals surface area contributed by atoms with Gasteiger partial charge in [0, 0.05) is 17.6 Å². The van der Waals surface area contributed by atoms with Crippen molar-refractivity contribution >= 4 is 33.2 Å². The van der Waals surface area contributed by atoms with Crippen molar-refractivity contribution in [2.24, 2.45) is 0 Å². The number of hydrogen-bond acceptors (Lipinski definition) is 3. The molecule has 98 valence electrons. The summed E-state index contributed by atoms with van der Waals surface area (Å²) in [6.07, 6.45) is 2.58. The lowest BCUT2D eigenvalue weighted by molar-refractivity contribution is 0.0679. The topological polar surface area (TPSA) is 33.2 Å². The van der Waals surface area contributed by atoms with Crippen LogP contribution in [0.4, 0.5) is 0 Å². The molecule has 0 radical (unpaired) electrons. The summed E-state index contributed by atoms with van der Waals surface area (Å²) in [4.78, 5) is 20.0. The third-order valence-corrected chi connectivity index (χ3v) is 4.98.